The van der Waals surface area contributed by atoms with E-state index < -0.39 is 5.97 Å². The molecule has 2 aromatic rings. The topological polar surface area (TPSA) is 77.7 Å². The summed E-state index contributed by atoms with van der Waals surface area (Å²) < 4.78 is 15.9. The van der Waals surface area contributed by atoms with Crippen LogP contribution in [0.25, 0.3) is 0 Å². The molecule has 1 aromatic carbocycles. The first-order chi connectivity index (χ1) is 13.6. The van der Waals surface area contributed by atoms with E-state index in [4.69, 9.17) is 14.2 Å². The normalized spacial score (nSPS) is 14.2. The van der Waals surface area contributed by atoms with Gasteiger partial charge >= 0.3 is 5.97 Å². The van der Waals surface area contributed by atoms with Crippen LogP contribution in [0.3, 0.4) is 0 Å². The Bertz CT molecular complexity index is 808. The molecule has 0 unspecified atom stereocenters. The van der Waals surface area contributed by atoms with Crippen molar-refractivity contribution in [2.75, 3.05) is 45.3 Å². The first-order valence-electron chi connectivity index (χ1n) is 9.05. The first-order valence-corrected chi connectivity index (χ1v) is 9.05. The molecule has 1 N–H and O–H groups in total. The molecular weight excluding hydrogens is 360 g/mol. The van der Waals surface area contributed by atoms with Crippen molar-refractivity contribution in [1.29, 1.82) is 0 Å². The maximum Gasteiger partial charge on any atom is 0.308 e. The van der Waals surface area contributed by atoms with Gasteiger partial charge in [-0.2, -0.15) is 5.10 Å². The van der Waals surface area contributed by atoms with Crippen LogP contribution in [0.2, 0.25) is 0 Å². The number of ether oxygens (including phenoxy) is 3. The fourth-order valence-corrected chi connectivity index (χ4v) is 3.00. The fourth-order valence-electron chi connectivity index (χ4n) is 3.00. The van der Waals surface area contributed by atoms with Crippen molar-refractivity contribution in [3.8, 4) is 17.2 Å². The number of carbonyl (C=O) groups is 1. The van der Waals surface area contributed by atoms with Crippen LogP contribution in [0.1, 0.15) is 12.5 Å². The second kappa shape index (κ2) is 9.07. The summed E-state index contributed by atoms with van der Waals surface area (Å²) in [6.45, 7) is 4.74. The number of aromatic nitrogens is 1. The van der Waals surface area contributed by atoms with Crippen molar-refractivity contribution in [2.24, 2.45) is 5.10 Å². The van der Waals surface area contributed by atoms with E-state index >= 15 is 0 Å². The maximum atomic E-state index is 11.3. The second-order valence-corrected chi connectivity index (χ2v) is 6.28. The van der Waals surface area contributed by atoms with Gasteiger partial charge in [-0.25, -0.2) is 4.98 Å². The number of hydrogen-bond donors (Lipinski definition) is 0. The van der Waals surface area contributed by atoms with Crippen LogP contribution in [-0.4, -0.2) is 57.6 Å². The zero-order valence-electron chi connectivity index (χ0n) is 16.3. The van der Waals surface area contributed by atoms with E-state index in [1.54, 1.807) is 18.3 Å². The quantitative estimate of drug-likeness (QED) is 0.427. The Balaban J connectivity index is 1.68. The number of benzene rings is 1. The van der Waals surface area contributed by atoms with E-state index in [1.807, 2.05) is 23.3 Å². The zero-order chi connectivity index (χ0) is 19.9. The number of piperazine rings is 1. The highest BCUT2D eigenvalue weighted by Gasteiger charge is 2.22. The summed E-state index contributed by atoms with van der Waals surface area (Å²) in [5, 5.41) is 6.60. The summed E-state index contributed by atoms with van der Waals surface area (Å²) in [6.07, 6.45) is 3.69. The van der Waals surface area contributed by atoms with Crippen molar-refractivity contribution >= 4 is 18.0 Å². The van der Waals surface area contributed by atoms with E-state index in [9.17, 15) is 4.79 Å². The molecule has 0 atom stereocenters. The molecule has 2 heterocycles. The number of H-pyrrole nitrogens is 1. The highest BCUT2D eigenvalue weighted by atomic mass is 16.6. The molecule has 1 aliphatic heterocycles. The minimum atomic E-state index is -0.438. The number of aromatic amines is 1. The summed E-state index contributed by atoms with van der Waals surface area (Å²) in [6, 6.07) is 9.59. The average Bonchev–Trinajstić information content (AvgIpc) is 2.73. The predicted octanol–water partition coefficient (Wildman–Crippen LogP) is 1.60. The third-order valence-corrected chi connectivity index (χ3v) is 4.39. The van der Waals surface area contributed by atoms with E-state index in [1.165, 1.54) is 21.1 Å². The van der Waals surface area contributed by atoms with Gasteiger partial charge in [0.05, 0.1) is 39.7 Å². The Hall–Kier alpha value is -3.29. The Kier molecular flexibility index (Phi) is 6.31. The van der Waals surface area contributed by atoms with Gasteiger partial charge in [0.1, 0.15) is 13.1 Å². The SMILES string of the molecule is COc1cc(/C=N\N2CCN(c3cccc[nH+]3)CC2)cc(OC)c1OC(C)=O. The number of esters is 1. The van der Waals surface area contributed by atoms with Crippen LogP contribution in [0.4, 0.5) is 5.82 Å². The van der Waals surface area contributed by atoms with Crippen LogP contribution in [0.15, 0.2) is 41.6 Å². The summed E-state index contributed by atoms with van der Waals surface area (Å²) >= 11 is 0. The molecule has 1 saturated heterocycles. The smallest absolute Gasteiger partial charge is 0.308 e. The van der Waals surface area contributed by atoms with Gasteiger partial charge in [0.2, 0.25) is 5.75 Å². The molecular formula is C20H25N4O4+. The molecule has 3 rings (SSSR count). The van der Waals surface area contributed by atoms with E-state index in [2.05, 4.69) is 21.1 Å². The number of nitrogens with one attached hydrogen (secondary N) is 1. The van der Waals surface area contributed by atoms with Gasteiger partial charge in [-0.1, -0.05) is 6.07 Å². The minimum absolute atomic E-state index is 0.266. The van der Waals surface area contributed by atoms with Crippen LogP contribution in [-0.2, 0) is 4.79 Å². The largest absolute Gasteiger partial charge is 0.493 e. The van der Waals surface area contributed by atoms with Crippen molar-refractivity contribution in [2.45, 2.75) is 6.92 Å². The standard InChI is InChI=1S/C20H24N4O4/c1-15(25)28-20-17(26-2)12-16(13-18(20)27-3)14-22-24-10-8-23(9-11-24)19-6-4-5-7-21-19/h4-7,12-14H,8-11H2,1-3H3/p+1/b22-14-. The molecule has 148 valence electrons. The lowest BCUT2D eigenvalue weighted by molar-refractivity contribution is -0.364. The second-order valence-electron chi connectivity index (χ2n) is 6.28. The summed E-state index contributed by atoms with van der Waals surface area (Å²) in [7, 11) is 3.03. The first kappa shape index (κ1) is 19.5. The molecule has 0 radical (unpaired) electrons. The number of pyridine rings is 1. The van der Waals surface area contributed by atoms with Gasteiger partial charge in [0, 0.05) is 18.6 Å². The Morgan fingerprint density at radius 3 is 2.32 bits per heavy atom. The lowest BCUT2D eigenvalue weighted by Gasteiger charge is -2.28. The molecule has 1 fully saturated rings. The molecule has 0 aliphatic carbocycles. The maximum absolute atomic E-state index is 11.3. The Morgan fingerprint density at radius 2 is 1.79 bits per heavy atom. The van der Waals surface area contributed by atoms with Crippen LogP contribution < -0.4 is 24.1 Å². The van der Waals surface area contributed by atoms with Crippen LogP contribution >= 0.6 is 0 Å². The van der Waals surface area contributed by atoms with Crippen LogP contribution in [0.5, 0.6) is 17.2 Å². The molecule has 0 bridgehead atoms. The van der Waals surface area contributed by atoms with Gasteiger partial charge < -0.3 is 14.2 Å². The molecule has 0 saturated carbocycles. The van der Waals surface area contributed by atoms with E-state index in [0.29, 0.717) is 11.5 Å². The van der Waals surface area contributed by atoms with Gasteiger partial charge in [-0.15, -0.1) is 0 Å². The van der Waals surface area contributed by atoms with Crippen molar-refractivity contribution in [3.05, 3.63) is 42.1 Å². The average molecular weight is 385 g/mol. The molecule has 1 aliphatic rings. The number of carbonyl (C=O) groups excluding carboxylic acids is 1. The van der Waals surface area contributed by atoms with E-state index in [0.717, 1.165) is 37.6 Å². The van der Waals surface area contributed by atoms with Gasteiger partial charge in [-0.05, 0) is 18.2 Å². The third kappa shape index (κ3) is 4.70. The molecule has 28 heavy (non-hydrogen) atoms. The third-order valence-electron chi connectivity index (χ3n) is 4.39. The van der Waals surface area contributed by atoms with Crippen molar-refractivity contribution in [3.63, 3.8) is 0 Å². The number of hydrazone groups is 1. The minimum Gasteiger partial charge on any atom is -0.493 e. The molecule has 8 heteroatoms. The number of anilines is 1. The number of methoxy groups -OCH3 is 2. The fraction of sp³-hybridized carbons (Fsp3) is 0.350. The van der Waals surface area contributed by atoms with Gasteiger partial charge in [0.15, 0.2) is 11.5 Å². The van der Waals surface area contributed by atoms with E-state index in [-0.39, 0.29) is 5.75 Å². The van der Waals surface area contributed by atoms with Crippen molar-refractivity contribution < 1.29 is 24.0 Å². The van der Waals surface area contributed by atoms with Gasteiger partial charge in [-0.3, -0.25) is 14.7 Å². The number of rotatable bonds is 6. The molecule has 0 spiro atoms. The number of nitrogens with zero attached hydrogens (tertiary/aromatic N) is 3. The Morgan fingerprint density at radius 1 is 1.11 bits per heavy atom. The molecule has 8 nitrogen and oxygen atoms in total. The van der Waals surface area contributed by atoms with Crippen molar-refractivity contribution in [1.82, 2.24) is 5.01 Å². The lowest BCUT2D eigenvalue weighted by atomic mass is 10.2. The zero-order valence-corrected chi connectivity index (χ0v) is 16.3. The summed E-state index contributed by atoms with van der Waals surface area (Å²) in [4.78, 5) is 16.9. The lowest BCUT2D eigenvalue weighted by Crippen LogP contribution is -2.45. The summed E-state index contributed by atoms with van der Waals surface area (Å²) in [5.74, 6) is 1.77. The molecule has 1 aromatic heterocycles. The predicted molar refractivity (Wildman–Crippen MR) is 105 cm³/mol. The van der Waals surface area contributed by atoms with Crippen LogP contribution in [0, 0.1) is 0 Å². The highest BCUT2D eigenvalue weighted by Crippen LogP contribution is 2.38. The van der Waals surface area contributed by atoms with Gasteiger partial charge in [0.25, 0.3) is 5.82 Å². The number of hydrogen-bond acceptors (Lipinski definition) is 7. The monoisotopic (exact) mass is 385 g/mol. The molecule has 0 amide bonds. The Labute approximate surface area is 164 Å². The highest BCUT2D eigenvalue weighted by molar-refractivity contribution is 5.83. The summed E-state index contributed by atoms with van der Waals surface area (Å²) in [5.41, 5.74) is 0.795.